The molecular weight excluding hydrogens is 264 g/mol. The number of aromatic nitrogens is 2. The predicted octanol–water partition coefficient (Wildman–Crippen LogP) is 1.82. The number of nitrogen functional groups attached to an aromatic ring is 1. The number of carbonyl (C=O) groups excluding carboxylic acids is 1. The standard InChI is InChI=1S/C16H20N4O/c1-10-15(11(2)19(3)18-10)16(21)20-7-6-12-4-5-14(17)8-13(12)9-20/h4-5,8H,6-7,9,17H2,1-3H3. The topological polar surface area (TPSA) is 64.2 Å². The van der Waals surface area contributed by atoms with E-state index in [0.29, 0.717) is 6.54 Å². The van der Waals surface area contributed by atoms with Gasteiger partial charge in [-0.1, -0.05) is 6.07 Å². The van der Waals surface area contributed by atoms with Crippen molar-refractivity contribution in [3.8, 4) is 0 Å². The van der Waals surface area contributed by atoms with Gasteiger partial charge in [-0.25, -0.2) is 0 Å². The Bertz CT molecular complexity index is 717. The Kier molecular flexibility index (Phi) is 3.20. The van der Waals surface area contributed by atoms with Crippen LogP contribution in [0.2, 0.25) is 0 Å². The summed E-state index contributed by atoms with van der Waals surface area (Å²) in [5.74, 6) is 0.0613. The van der Waals surface area contributed by atoms with Gasteiger partial charge in [0.2, 0.25) is 0 Å². The first-order chi connectivity index (χ1) is 9.97. The molecule has 0 atom stereocenters. The van der Waals surface area contributed by atoms with Crippen molar-refractivity contribution in [2.45, 2.75) is 26.8 Å². The lowest BCUT2D eigenvalue weighted by atomic mass is 9.98. The normalized spacial score (nSPS) is 14.1. The summed E-state index contributed by atoms with van der Waals surface area (Å²) in [6.45, 7) is 5.18. The average molecular weight is 284 g/mol. The molecule has 5 heteroatoms. The van der Waals surface area contributed by atoms with E-state index < -0.39 is 0 Å². The first-order valence-electron chi connectivity index (χ1n) is 7.14. The molecule has 21 heavy (non-hydrogen) atoms. The molecule has 1 amide bonds. The van der Waals surface area contributed by atoms with Crippen LogP contribution < -0.4 is 5.73 Å². The minimum atomic E-state index is 0.0613. The van der Waals surface area contributed by atoms with Crippen molar-refractivity contribution in [2.24, 2.45) is 7.05 Å². The van der Waals surface area contributed by atoms with Crippen molar-refractivity contribution >= 4 is 11.6 Å². The molecular formula is C16H20N4O. The Morgan fingerprint density at radius 1 is 1.29 bits per heavy atom. The van der Waals surface area contributed by atoms with E-state index in [1.807, 2.05) is 37.9 Å². The number of amides is 1. The number of rotatable bonds is 1. The van der Waals surface area contributed by atoms with Crippen molar-refractivity contribution in [1.82, 2.24) is 14.7 Å². The summed E-state index contributed by atoms with van der Waals surface area (Å²) in [6, 6.07) is 5.95. The summed E-state index contributed by atoms with van der Waals surface area (Å²) in [7, 11) is 1.87. The van der Waals surface area contributed by atoms with E-state index in [1.54, 1.807) is 4.68 Å². The molecule has 2 N–H and O–H groups in total. The fourth-order valence-electron chi connectivity index (χ4n) is 2.99. The molecule has 1 aromatic heterocycles. The first-order valence-corrected chi connectivity index (χ1v) is 7.14. The second-order valence-electron chi connectivity index (χ2n) is 5.67. The SMILES string of the molecule is Cc1nn(C)c(C)c1C(=O)N1CCc2ccc(N)cc2C1. The zero-order valence-corrected chi connectivity index (χ0v) is 12.7. The lowest BCUT2D eigenvalue weighted by molar-refractivity contribution is 0.0733. The summed E-state index contributed by atoms with van der Waals surface area (Å²) < 4.78 is 1.76. The number of fused-ring (bicyclic) bond motifs is 1. The second kappa shape index (κ2) is 4.91. The lowest BCUT2D eigenvalue weighted by Gasteiger charge is -2.29. The molecule has 0 fully saturated rings. The van der Waals surface area contributed by atoms with Gasteiger partial charge < -0.3 is 10.6 Å². The third-order valence-electron chi connectivity index (χ3n) is 4.25. The minimum Gasteiger partial charge on any atom is -0.399 e. The number of hydrogen-bond acceptors (Lipinski definition) is 3. The Morgan fingerprint density at radius 3 is 2.71 bits per heavy atom. The number of hydrogen-bond donors (Lipinski definition) is 1. The van der Waals surface area contributed by atoms with Crippen LogP contribution in [0.4, 0.5) is 5.69 Å². The average Bonchev–Trinajstić information content (AvgIpc) is 2.70. The molecule has 2 aromatic rings. The number of carbonyl (C=O) groups is 1. The largest absolute Gasteiger partial charge is 0.399 e. The Labute approximate surface area is 124 Å². The molecule has 1 aliphatic rings. The first kappa shape index (κ1) is 13.7. The van der Waals surface area contributed by atoms with Crippen LogP contribution in [0.5, 0.6) is 0 Å². The quantitative estimate of drug-likeness (QED) is 0.812. The van der Waals surface area contributed by atoms with E-state index in [2.05, 4.69) is 11.2 Å². The number of aryl methyl sites for hydroxylation is 2. The van der Waals surface area contributed by atoms with E-state index in [4.69, 9.17) is 5.73 Å². The molecule has 0 bridgehead atoms. The Morgan fingerprint density at radius 2 is 2.05 bits per heavy atom. The van der Waals surface area contributed by atoms with E-state index in [1.165, 1.54) is 5.56 Å². The van der Waals surface area contributed by atoms with Crippen molar-refractivity contribution < 1.29 is 4.79 Å². The van der Waals surface area contributed by atoms with Crippen LogP contribution >= 0.6 is 0 Å². The van der Waals surface area contributed by atoms with Gasteiger partial charge in [-0.15, -0.1) is 0 Å². The molecule has 0 unspecified atom stereocenters. The zero-order valence-electron chi connectivity index (χ0n) is 12.7. The molecule has 1 aromatic carbocycles. The molecule has 0 aliphatic carbocycles. The van der Waals surface area contributed by atoms with Crippen molar-refractivity contribution in [2.75, 3.05) is 12.3 Å². The van der Waals surface area contributed by atoms with Gasteiger partial charge in [0, 0.05) is 31.5 Å². The van der Waals surface area contributed by atoms with Crippen LogP contribution in [0.25, 0.3) is 0 Å². The minimum absolute atomic E-state index is 0.0613. The van der Waals surface area contributed by atoms with Gasteiger partial charge in [-0.2, -0.15) is 5.10 Å². The van der Waals surface area contributed by atoms with Crippen LogP contribution in [0, 0.1) is 13.8 Å². The van der Waals surface area contributed by atoms with Gasteiger partial charge in [0.25, 0.3) is 5.91 Å². The number of anilines is 1. The Hall–Kier alpha value is -2.30. The van der Waals surface area contributed by atoms with Crippen LogP contribution in [-0.4, -0.2) is 27.1 Å². The second-order valence-corrected chi connectivity index (χ2v) is 5.67. The molecule has 0 radical (unpaired) electrons. The number of nitrogens with two attached hydrogens (primary N) is 1. The maximum absolute atomic E-state index is 12.8. The fourth-order valence-corrected chi connectivity index (χ4v) is 2.99. The monoisotopic (exact) mass is 284 g/mol. The highest BCUT2D eigenvalue weighted by Crippen LogP contribution is 2.24. The molecule has 110 valence electrons. The maximum atomic E-state index is 12.8. The van der Waals surface area contributed by atoms with E-state index >= 15 is 0 Å². The lowest BCUT2D eigenvalue weighted by Crippen LogP contribution is -2.36. The van der Waals surface area contributed by atoms with Gasteiger partial charge in [-0.3, -0.25) is 9.48 Å². The van der Waals surface area contributed by atoms with Crippen LogP contribution in [0.1, 0.15) is 32.9 Å². The molecule has 0 saturated carbocycles. The number of nitrogens with zero attached hydrogens (tertiary/aromatic N) is 3. The molecule has 3 rings (SSSR count). The van der Waals surface area contributed by atoms with Crippen molar-refractivity contribution in [3.63, 3.8) is 0 Å². The van der Waals surface area contributed by atoms with Crippen LogP contribution in [0.15, 0.2) is 18.2 Å². The van der Waals surface area contributed by atoms with E-state index in [0.717, 1.165) is 41.2 Å². The van der Waals surface area contributed by atoms with Crippen molar-refractivity contribution in [1.29, 1.82) is 0 Å². The Balaban J connectivity index is 1.90. The van der Waals surface area contributed by atoms with E-state index in [9.17, 15) is 4.79 Å². The maximum Gasteiger partial charge on any atom is 0.257 e. The fraction of sp³-hybridized carbons (Fsp3) is 0.375. The smallest absolute Gasteiger partial charge is 0.257 e. The molecule has 2 heterocycles. The summed E-state index contributed by atoms with van der Waals surface area (Å²) in [5.41, 5.74) is 11.5. The molecule has 0 saturated heterocycles. The van der Waals surface area contributed by atoms with Crippen LogP contribution in [-0.2, 0) is 20.0 Å². The third kappa shape index (κ3) is 2.28. The molecule has 5 nitrogen and oxygen atoms in total. The van der Waals surface area contributed by atoms with Gasteiger partial charge in [0.15, 0.2) is 0 Å². The van der Waals surface area contributed by atoms with Crippen molar-refractivity contribution in [3.05, 3.63) is 46.3 Å². The molecule has 0 spiro atoms. The summed E-state index contributed by atoms with van der Waals surface area (Å²) in [4.78, 5) is 14.7. The highest BCUT2D eigenvalue weighted by Gasteiger charge is 2.26. The van der Waals surface area contributed by atoms with Gasteiger partial charge in [0.05, 0.1) is 11.3 Å². The number of benzene rings is 1. The van der Waals surface area contributed by atoms with Gasteiger partial charge in [-0.05, 0) is 43.5 Å². The highest BCUT2D eigenvalue weighted by molar-refractivity contribution is 5.96. The van der Waals surface area contributed by atoms with Crippen LogP contribution in [0.3, 0.4) is 0 Å². The summed E-state index contributed by atoms with van der Waals surface area (Å²) in [6.07, 6.45) is 0.875. The van der Waals surface area contributed by atoms with Gasteiger partial charge in [0.1, 0.15) is 0 Å². The molecule has 1 aliphatic heterocycles. The predicted molar refractivity (Wildman–Crippen MR) is 82.0 cm³/mol. The summed E-state index contributed by atoms with van der Waals surface area (Å²) in [5, 5.41) is 4.33. The highest BCUT2D eigenvalue weighted by atomic mass is 16.2. The van der Waals surface area contributed by atoms with Gasteiger partial charge >= 0.3 is 0 Å². The zero-order chi connectivity index (χ0) is 15.1. The summed E-state index contributed by atoms with van der Waals surface area (Å²) >= 11 is 0. The van der Waals surface area contributed by atoms with E-state index in [-0.39, 0.29) is 5.91 Å². The third-order valence-corrected chi connectivity index (χ3v) is 4.25.